The molecule has 2 bridgehead atoms. The highest BCUT2D eigenvalue weighted by molar-refractivity contribution is 5.17. The van der Waals surface area contributed by atoms with Crippen molar-refractivity contribution in [3.63, 3.8) is 0 Å². The smallest absolute Gasteiger partial charge is 0.0184 e. The second-order valence-electron chi connectivity index (χ2n) is 5.75. The van der Waals surface area contributed by atoms with Crippen LogP contribution in [0.1, 0.15) is 40.0 Å². The highest BCUT2D eigenvalue weighted by Gasteiger charge is 2.42. The van der Waals surface area contributed by atoms with Crippen molar-refractivity contribution < 1.29 is 0 Å². The van der Waals surface area contributed by atoms with E-state index in [0.29, 0.717) is 11.5 Å². The Morgan fingerprint density at radius 2 is 2.00 bits per heavy atom. The Morgan fingerprint density at radius 3 is 2.38 bits per heavy atom. The molecule has 0 aromatic rings. The molecule has 1 aliphatic carbocycles. The largest absolute Gasteiger partial charge is 0.310 e. The maximum absolute atomic E-state index is 4.22. The van der Waals surface area contributed by atoms with Crippen LogP contribution in [-0.4, -0.2) is 12.1 Å². The minimum absolute atomic E-state index is 0.382. The van der Waals surface area contributed by atoms with Gasteiger partial charge in [-0.25, -0.2) is 0 Å². The molecule has 3 atom stereocenters. The second-order valence-corrected chi connectivity index (χ2v) is 5.75. The summed E-state index contributed by atoms with van der Waals surface area (Å²) in [5.41, 5.74) is 1.88. The molecule has 1 saturated carbocycles. The Hall–Kier alpha value is -0.300. The van der Waals surface area contributed by atoms with Crippen LogP contribution >= 0.6 is 0 Å². The van der Waals surface area contributed by atoms with Gasteiger partial charge in [0.15, 0.2) is 0 Å². The van der Waals surface area contributed by atoms with Gasteiger partial charge in [-0.05, 0) is 30.6 Å². The fraction of sp³-hybridized carbons (Fsp3) is 0.833. The van der Waals surface area contributed by atoms with Gasteiger partial charge in [-0.2, -0.15) is 0 Å². The van der Waals surface area contributed by atoms with E-state index in [0.717, 1.165) is 12.0 Å². The van der Waals surface area contributed by atoms with Crippen LogP contribution < -0.4 is 5.32 Å². The standard InChI is InChI=1S/C12H21N/c1-8-7-9-5-6-10(8)11(13-9)12(2,3)4/h9-11,13H,1,5-7H2,2-4H3. The summed E-state index contributed by atoms with van der Waals surface area (Å²) >= 11 is 0. The summed E-state index contributed by atoms with van der Waals surface area (Å²) in [6.45, 7) is 11.2. The van der Waals surface area contributed by atoms with Crippen LogP contribution in [0.25, 0.3) is 0 Å². The molecule has 0 aromatic carbocycles. The van der Waals surface area contributed by atoms with Crippen molar-refractivity contribution in [2.24, 2.45) is 11.3 Å². The Kier molecular flexibility index (Phi) is 2.03. The van der Waals surface area contributed by atoms with Crippen LogP contribution in [0.3, 0.4) is 0 Å². The van der Waals surface area contributed by atoms with Crippen molar-refractivity contribution in [1.82, 2.24) is 5.32 Å². The maximum atomic E-state index is 4.22. The number of piperidine rings is 2. The van der Waals surface area contributed by atoms with E-state index in [-0.39, 0.29) is 0 Å². The molecule has 1 N–H and O–H groups in total. The van der Waals surface area contributed by atoms with E-state index in [1.54, 1.807) is 0 Å². The Labute approximate surface area is 81.6 Å². The molecule has 2 aliphatic heterocycles. The summed E-state index contributed by atoms with van der Waals surface area (Å²) in [5, 5.41) is 3.76. The SMILES string of the molecule is C=C1CC2CCC1C(C(C)(C)C)N2. The van der Waals surface area contributed by atoms with E-state index < -0.39 is 0 Å². The van der Waals surface area contributed by atoms with E-state index in [9.17, 15) is 0 Å². The van der Waals surface area contributed by atoms with Gasteiger partial charge in [0.1, 0.15) is 0 Å². The summed E-state index contributed by atoms with van der Waals surface area (Å²) in [4.78, 5) is 0. The monoisotopic (exact) mass is 179 g/mol. The summed E-state index contributed by atoms with van der Waals surface area (Å²) in [7, 11) is 0. The minimum Gasteiger partial charge on any atom is -0.310 e. The van der Waals surface area contributed by atoms with Gasteiger partial charge in [0.2, 0.25) is 0 Å². The van der Waals surface area contributed by atoms with E-state index in [1.165, 1.54) is 24.8 Å². The lowest BCUT2D eigenvalue weighted by Crippen LogP contribution is -2.58. The van der Waals surface area contributed by atoms with Crippen molar-refractivity contribution in [2.75, 3.05) is 0 Å². The minimum atomic E-state index is 0.382. The van der Waals surface area contributed by atoms with Crippen LogP contribution in [-0.2, 0) is 0 Å². The third kappa shape index (κ3) is 1.54. The van der Waals surface area contributed by atoms with Crippen molar-refractivity contribution in [3.05, 3.63) is 12.2 Å². The molecule has 0 aromatic heterocycles. The maximum Gasteiger partial charge on any atom is 0.0184 e. The zero-order chi connectivity index (χ0) is 9.64. The fourth-order valence-corrected chi connectivity index (χ4v) is 2.92. The van der Waals surface area contributed by atoms with Gasteiger partial charge in [-0.15, -0.1) is 0 Å². The molecule has 2 heterocycles. The zero-order valence-corrected chi connectivity index (χ0v) is 9.06. The number of rotatable bonds is 0. The number of hydrogen-bond acceptors (Lipinski definition) is 1. The third-order valence-electron chi connectivity index (χ3n) is 3.61. The van der Waals surface area contributed by atoms with Crippen molar-refractivity contribution >= 4 is 0 Å². The Bertz CT molecular complexity index is 224. The predicted octanol–water partition coefficient (Wildman–Crippen LogP) is 2.73. The summed E-state index contributed by atoms with van der Waals surface area (Å²) in [5.74, 6) is 0.741. The van der Waals surface area contributed by atoms with Crippen LogP contribution in [0, 0.1) is 11.3 Å². The highest BCUT2D eigenvalue weighted by atomic mass is 15.0. The first-order chi connectivity index (χ1) is 5.98. The third-order valence-corrected chi connectivity index (χ3v) is 3.61. The quantitative estimate of drug-likeness (QED) is 0.564. The normalized spacial score (nSPS) is 39.6. The molecule has 3 fully saturated rings. The van der Waals surface area contributed by atoms with Crippen LogP contribution in [0.5, 0.6) is 0 Å². The molecule has 3 rings (SSSR count). The highest BCUT2D eigenvalue weighted by Crippen LogP contribution is 2.42. The van der Waals surface area contributed by atoms with Crippen LogP contribution in [0.4, 0.5) is 0 Å². The van der Waals surface area contributed by atoms with E-state index in [4.69, 9.17) is 0 Å². The number of hydrogen-bond donors (Lipinski definition) is 1. The lowest BCUT2D eigenvalue weighted by atomic mass is 9.66. The second kappa shape index (κ2) is 2.84. The van der Waals surface area contributed by atoms with Crippen molar-refractivity contribution in [2.45, 2.75) is 52.1 Å². The first kappa shape index (κ1) is 9.26. The van der Waals surface area contributed by atoms with Gasteiger partial charge < -0.3 is 5.32 Å². The zero-order valence-electron chi connectivity index (χ0n) is 9.06. The molecule has 3 unspecified atom stereocenters. The van der Waals surface area contributed by atoms with Gasteiger partial charge in [0.05, 0.1) is 0 Å². The van der Waals surface area contributed by atoms with Crippen LogP contribution in [0.15, 0.2) is 12.2 Å². The van der Waals surface area contributed by atoms with Crippen molar-refractivity contribution in [1.29, 1.82) is 0 Å². The van der Waals surface area contributed by atoms with E-state index in [2.05, 4.69) is 32.7 Å². The Morgan fingerprint density at radius 1 is 1.31 bits per heavy atom. The lowest BCUT2D eigenvalue weighted by Gasteiger charge is -2.50. The summed E-state index contributed by atoms with van der Waals surface area (Å²) in [6.07, 6.45) is 3.94. The first-order valence-corrected chi connectivity index (χ1v) is 5.42. The molecular formula is C12H21N. The molecule has 2 saturated heterocycles. The number of nitrogens with one attached hydrogen (secondary N) is 1. The van der Waals surface area contributed by atoms with Crippen molar-refractivity contribution in [3.8, 4) is 0 Å². The van der Waals surface area contributed by atoms with E-state index >= 15 is 0 Å². The summed E-state index contributed by atoms with van der Waals surface area (Å²) < 4.78 is 0. The van der Waals surface area contributed by atoms with Gasteiger partial charge in [0.25, 0.3) is 0 Å². The molecular weight excluding hydrogens is 158 g/mol. The molecule has 3 aliphatic rings. The molecule has 1 nitrogen and oxygen atoms in total. The van der Waals surface area contributed by atoms with Gasteiger partial charge >= 0.3 is 0 Å². The topological polar surface area (TPSA) is 12.0 Å². The molecule has 0 amide bonds. The first-order valence-electron chi connectivity index (χ1n) is 5.42. The molecule has 0 radical (unpaired) electrons. The molecule has 13 heavy (non-hydrogen) atoms. The fourth-order valence-electron chi connectivity index (χ4n) is 2.92. The molecule has 1 heteroatoms. The molecule has 0 spiro atoms. The molecule has 74 valence electrons. The predicted molar refractivity (Wildman–Crippen MR) is 56.6 cm³/mol. The van der Waals surface area contributed by atoms with Gasteiger partial charge in [-0.3, -0.25) is 0 Å². The van der Waals surface area contributed by atoms with Gasteiger partial charge in [0, 0.05) is 12.1 Å². The van der Waals surface area contributed by atoms with Gasteiger partial charge in [-0.1, -0.05) is 32.9 Å². The average molecular weight is 179 g/mol. The Balaban J connectivity index is 2.19. The average Bonchev–Trinajstić information content (AvgIpc) is 2.03. The summed E-state index contributed by atoms with van der Waals surface area (Å²) in [6, 6.07) is 1.38. The van der Waals surface area contributed by atoms with E-state index in [1.807, 2.05) is 0 Å². The lowest BCUT2D eigenvalue weighted by molar-refractivity contribution is 0.115. The van der Waals surface area contributed by atoms with Crippen LogP contribution in [0.2, 0.25) is 0 Å². The number of fused-ring (bicyclic) bond motifs is 3.